The molecule has 0 atom stereocenters. The second-order valence-electron chi connectivity index (χ2n) is 6.12. The Bertz CT molecular complexity index is 797. The van der Waals surface area contributed by atoms with Crippen molar-refractivity contribution in [2.45, 2.75) is 36.0 Å². The van der Waals surface area contributed by atoms with Gasteiger partial charge < -0.3 is 4.74 Å². The van der Waals surface area contributed by atoms with Crippen LogP contribution >= 0.6 is 11.3 Å². The third-order valence-corrected chi connectivity index (χ3v) is 6.82. The zero-order valence-corrected chi connectivity index (χ0v) is 15.1. The monoisotopic (exact) mass is 369 g/mol. The Morgan fingerprint density at radius 2 is 2.04 bits per heavy atom. The fourth-order valence-electron chi connectivity index (χ4n) is 3.36. The first-order chi connectivity index (χ1) is 11.5. The number of halogens is 1. The lowest BCUT2D eigenvalue weighted by molar-refractivity contribution is 0.399. The lowest BCUT2D eigenvalue weighted by Crippen LogP contribution is -2.38. The summed E-state index contributed by atoms with van der Waals surface area (Å²) in [6.07, 6.45) is 4.07. The molecule has 24 heavy (non-hydrogen) atoms. The summed E-state index contributed by atoms with van der Waals surface area (Å²) < 4.78 is 46.6. The van der Waals surface area contributed by atoms with Gasteiger partial charge in [0.25, 0.3) is 0 Å². The summed E-state index contributed by atoms with van der Waals surface area (Å²) in [4.78, 5) is -0.163. The first-order valence-electron chi connectivity index (χ1n) is 7.83. The number of benzene rings is 1. The van der Waals surface area contributed by atoms with Gasteiger partial charge in [-0.1, -0.05) is 12.8 Å². The van der Waals surface area contributed by atoms with Crippen LogP contribution in [0.25, 0.3) is 0 Å². The third-order valence-electron chi connectivity index (χ3n) is 4.71. The Balaban J connectivity index is 1.86. The Hall–Kier alpha value is -1.44. The lowest BCUT2D eigenvalue weighted by atomic mass is 9.81. The zero-order valence-electron chi connectivity index (χ0n) is 13.4. The van der Waals surface area contributed by atoms with E-state index in [1.54, 1.807) is 11.3 Å². The molecule has 1 fully saturated rings. The van der Waals surface area contributed by atoms with E-state index in [0.29, 0.717) is 6.54 Å². The van der Waals surface area contributed by atoms with Gasteiger partial charge in [-0.2, -0.15) is 11.3 Å². The van der Waals surface area contributed by atoms with Crippen LogP contribution in [0.5, 0.6) is 5.75 Å². The maximum Gasteiger partial charge on any atom is 0.244 e. The molecule has 1 saturated carbocycles. The molecular weight excluding hydrogens is 349 g/mol. The molecular formula is C17H20FNO3S2. The Labute approximate surface area is 145 Å². The van der Waals surface area contributed by atoms with Gasteiger partial charge in [0, 0.05) is 12.0 Å². The van der Waals surface area contributed by atoms with Crippen LogP contribution in [0.3, 0.4) is 0 Å². The van der Waals surface area contributed by atoms with E-state index in [9.17, 15) is 12.8 Å². The maximum absolute atomic E-state index is 13.5. The molecule has 0 saturated heterocycles. The minimum Gasteiger partial charge on any atom is -0.495 e. The highest BCUT2D eigenvalue weighted by molar-refractivity contribution is 7.89. The first kappa shape index (κ1) is 17.4. The molecule has 2 aromatic rings. The van der Waals surface area contributed by atoms with Crippen molar-refractivity contribution in [1.29, 1.82) is 0 Å². The lowest BCUT2D eigenvalue weighted by Gasteiger charge is -2.28. The van der Waals surface area contributed by atoms with Crippen LogP contribution < -0.4 is 9.46 Å². The molecule has 1 heterocycles. The molecule has 7 heteroatoms. The molecule has 1 aromatic heterocycles. The molecule has 4 nitrogen and oxygen atoms in total. The Morgan fingerprint density at radius 1 is 1.29 bits per heavy atom. The number of hydrogen-bond donors (Lipinski definition) is 1. The van der Waals surface area contributed by atoms with Gasteiger partial charge in [-0.15, -0.1) is 0 Å². The number of methoxy groups -OCH3 is 1. The fraction of sp³-hybridized carbons (Fsp3) is 0.412. The smallest absolute Gasteiger partial charge is 0.244 e. The number of sulfonamides is 1. The van der Waals surface area contributed by atoms with Crippen LogP contribution in [0.2, 0.25) is 0 Å². The molecule has 0 amide bonds. The van der Waals surface area contributed by atoms with Crippen molar-refractivity contribution < 1.29 is 17.5 Å². The molecule has 1 N–H and O–H groups in total. The summed E-state index contributed by atoms with van der Waals surface area (Å²) in [7, 11) is -2.48. The SMILES string of the molecule is COc1ccc(F)cc1S(=O)(=O)NCC1(c2ccsc2)CCCC1. The molecule has 0 spiro atoms. The molecule has 130 valence electrons. The predicted octanol–water partition coefficient (Wildman–Crippen LogP) is 3.69. The topological polar surface area (TPSA) is 55.4 Å². The molecule has 1 aromatic carbocycles. The van der Waals surface area contributed by atoms with Crippen molar-refractivity contribution in [3.63, 3.8) is 0 Å². The number of nitrogens with one attached hydrogen (secondary N) is 1. The van der Waals surface area contributed by atoms with E-state index in [-0.39, 0.29) is 16.1 Å². The Kier molecular flexibility index (Phi) is 4.94. The predicted molar refractivity (Wildman–Crippen MR) is 92.6 cm³/mol. The molecule has 0 aliphatic heterocycles. The fourth-order valence-corrected chi connectivity index (χ4v) is 5.44. The molecule has 0 unspecified atom stereocenters. The van der Waals surface area contributed by atoms with Gasteiger partial charge >= 0.3 is 0 Å². The minimum absolute atomic E-state index is 0.139. The molecule has 1 aliphatic rings. The van der Waals surface area contributed by atoms with Gasteiger partial charge in [0.2, 0.25) is 10.0 Å². The van der Waals surface area contributed by atoms with E-state index in [0.717, 1.165) is 31.7 Å². The van der Waals surface area contributed by atoms with E-state index in [4.69, 9.17) is 4.74 Å². The van der Waals surface area contributed by atoms with Crippen molar-refractivity contribution in [2.24, 2.45) is 0 Å². The van der Waals surface area contributed by atoms with Gasteiger partial charge in [-0.3, -0.25) is 0 Å². The molecule has 0 bridgehead atoms. The van der Waals surface area contributed by atoms with Crippen LogP contribution in [-0.2, 0) is 15.4 Å². The second kappa shape index (κ2) is 6.82. The molecule has 3 rings (SSSR count). The van der Waals surface area contributed by atoms with Gasteiger partial charge in [0.1, 0.15) is 16.5 Å². The summed E-state index contributed by atoms with van der Waals surface area (Å²) in [6.45, 7) is 0.311. The van der Waals surface area contributed by atoms with E-state index in [1.807, 2.05) is 5.38 Å². The van der Waals surface area contributed by atoms with Crippen LogP contribution in [0, 0.1) is 5.82 Å². The Morgan fingerprint density at radius 3 is 2.67 bits per heavy atom. The van der Waals surface area contributed by atoms with Gasteiger partial charge in [0.15, 0.2) is 0 Å². The standard InChI is InChI=1S/C17H20FNO3S2/c1-22-15-5-4-14(18)10-16(15)24(20,21)19-12-17(7-2-3-8-17)13-6-9-23-11-13/h4-6,9-11,19H,2-3,7-8,12H2,1H3. The van der Waals surface area contributed by atoms with E-state index in [1.165, 1.54) is 24.8 Å². The van der Waals surface area contributed by atoms with Gasteiger partial charge in [-0.25, -0.2) is 17.5 Å². The summed E-state index contributed by atoms with van der Waals surface area (Å²) in [6, 6.07) is 5.57. The number of hydrogen-bond acceptors (Lipinski definition) is 4. The summed E-state index contributed by atoms with van der Waals surface area (Å²) >= 11 is 1.62. The number of ether oxygens (including phenoxy) is 1. The van der Waals surface area contributed by atoms with Crippen molar-refractivity contribution in [2.75, 3.05) is 13.7 Å². The average Bonchev–Trinajstić information content (AvgIpc) is 3.25. The van der Waals surface area contributed by atoms with Gasteiger partial charge in [0.05, 0.1) is 7.11 Å². The largest absolute Gasteiger partial charge is 0.495 e. The van der Waals surface area contributed by atoms with Crippen molar-refractivity contribution in [3.05, 3.63) is 46.4 Å². The van der Waals surface area contributed by atoms with E-state index < -0.39 is 15.8 Å². The molecule has 0 radical (unpaired) electrons. The first-order valence-corrected chi connectivity index (χ1v) is 10.3. The minimum atomic E-state index is -3.85. The third kappa shape index (κ3) is 3.34. The quantitative estimate of drug-likeness (QED) is 0.845. The number of rotatable bonds is 6. The highest BCUT2D eigenvalue weighted by Gasteiger charge is 2.37. The van der Waals surface area contributed by atoms with Crippen molar-refractivity contribution >= 4 is 21.4 Å². The average molecular weight is 369 g/mol. The van der Waals surface area contributed by atoms with Crippen molar-refractivity contribution in [3.8, 4) is 5.75 Å². The maximum atomic E-state index is 13.5. The second-order valence-corrected chi connectivity index (χ2v) is 8.63. The summed E-state index contributed by atoms with van der Waals surface area (Å²) in [5.74, 6) is -0.468. The normalized spacial score (nSPS) is 17.1. The van der Waals surface area contributed by atoms with E-state index >= 15 is 0 Å². The summed E-state index contributed by atoms with van der Waals surface area (Å²) in [5.41, 5.74) is 1.01. The molecule has 1 aliphatic carbocycles. The van der Waals surface area contributed by atoms with Crippen LogP contribution in [0.15, 0.2) is 39.9 Å². The summed E-state index contributed by atoms with van der Waals surface area (Å²) in [5, 5.41) is 4.10. The highest BCUT2D eigenvalue weighted by Crippen LogP contribution is 2.41. The highest BCUT2D eigenvalue weighted by atomic mass is 32.2. The number of thiophene rings is 1. The van der Waals surface area contributed by atoms with Crippen LogP contribution in [-0.4, -0.2) is 22.1 Å². The van der Waals surface area contributed by atoms with E-state index in [2.05, 4.69) is 16.2 Å². The van der Waals surface area contributed by atoms with Gasteiger partial charge in [-0.05, 0) is 53.4 Å². The van der Waals surface area contributed by atoms with Crippen LogP contribution in [0.4, 0.5) is 4.39 Å². The van der Waals surface area contributed by atoms with Crippen molar-refractivity contribution in [1.82, 2.24) is 4.72 Å². The zero-order chi connectivity index (χ0) is 17.2. The van der Waals surface area contributed by atoms with Crippen LogP contribution in [0.1, 0.15) is 31.2 Å².